The van der Waals surface area contributed by atoms with Gasteiger partial charge in [-0.25, -0.2) is 9.59 Å². The number of benzene rings is 1. The van der Waals surface area contributed by atoms with Crippen LogP contribution in [0, 0.1) is 5.41 Å². The molecule has 0 aliphatic heterocycles. The molecule has 0 fully saturated rings. The van der Waals surface area contributed by atoms with Crippen molar-refractivity contribution in [3.05, 3.63) is 29.8 Å². The highest BCUT2D eigenvalue weighted by Crippen LogP contribution is 2.18. The number of hydrogen-bond donors (Lipinski definition) is 9. The van der Waals surface area contributed by atoms with Crippen LogP contribution in [-0.4, -0.2) is 123 Å². The summed E-state index contributed by atoms with van der Waals surface area (Å²) in [5.41, 5.74) is 16.7. The molecule has 0 spiro atoms. The molecular weight excluding hydrogens is 872 g/mol. The maximum absolute atomic E-state index is 12.4. The number of aromatic carboxylic acids is 1. The monoisotopic (exact) mass is 954 g/mol. The molecule has 4 amide bonds. The Kier molecular flexibility index (Phi) is 35.4. The summed E-state index contributed by atoms with van der Waals surface area (Å²) in [6.07, 6.45) is 14.9. The minimum Gasteiger partial charge on any atom is -0.494 e. The second-order valence-corrected chi connectivity index (χ2v) is 17.8. The Morgan fingerprint density at radius 1 is 0.588 bits per heavy atom. The lowest BCUT2D eigenvalue weighted by atomic mass is 9.76. The zero-order chi connectivity index (χ0) is 51.3. The molecule has 1 aromatic rings. The molecule has 68 heavy (non-hydrogen) atoms. The number of ether oxygens (including phenoxy) is 1. The lowest BCUT2D eigenvalue weighted by molar-refractivity contribution is -0.142. The minimum absolute atomic E-state index is 0.0279. The first-order chi connectivity index (χ1) is 32.2. The van der Waals surface area contributed by atoms with Gasteiger partial charge in [-0.2, -0.15) is 0 Å². The fourth-order valence-electron chi connectivity index (χ4n) is 6.36. The topological polar surface area (TPSA) is 312 Å². The predicted molar refractivity (Wildman–Crippen MR) is 264 cm³/mol. The Morgan fingerprint density at radius 2 is 1.04 bits per heavy atom. The zero-order valence-electron chi connectivity index (χ0n) is 41.0. The van der Waals surface area contributed by atoms with E-state index >= 15 is 0 Å². The van der Waals surface area contributed by atoms with Gasteiger partial charge in [0.25, 0.3) is 0 Å². The molecule has 18 nitrogen and oxygen atoms in total. The molecule has 1 unspecified atom stereocenters. The maximum atomic E-state index is 12.4. The van der Waals surface area contributed by atoms with Crippen LogP contribution in [0.15, 0.2) is 24.3 Å². The van der Waals surface area contributed by atoms with E-state index in [4.69, 9.17) is 42.7 Å². The Labute approximate surface area is 406 Å². The molecule has 20 heteroatoms. The summed E-state index contributed by atoms with van der Waals surface area (Å²) in [4.78, 5) is 93.2. The van der Waals surface area contributed by atoms with Crippen molar-refractivity contribution in [3.63, 3.8) is 0 Å². The van der Waals surface area contributed by atoms with Crippen LogP contribution in [0.1, 0.15) is 172 Å². The van der Waals surface area contributed by atoms with Crippen molar-refractivity contribution in [3.8, 4) is 5.75 Å². The fourth-order valence-corrected chi connectivity index (χ4v) is 6.36. The zero-order valence-corrected chi connectivity index (χ0v) is 41.0. The van der Waals surface area contributed by atoms with E-state index < -0.39 is 41.8 Å². The highest BCUT2D eigenvalue weighted by Gasteiger charge is 2.22. The van der Waals surface area contributed by atoms with Gasteiger partial charge >= 0.3 is 11.9 Å². The summed E-state index contributed by atoms with van der Waals surface area (Å²) in [6, 6.07) is 3.16. The van der Waals surface area contributed by atoms with Gasteiger partial charge in [0.05, 0.1) is 41.7 Å². The standard InChI is InChI=1S/C42H70BN7O10.C6H11BO/c43-38(53)32(44)16-9-13-27-48-40(55)34(46)18-11-14-28-49-39(54)33(45)17-10-12-26-47-36(51)25-24-35(42(58)59)50-37(52)19-8-6-4-2-1-3-5-7-15-29-60-31-22-20-30(21-23-31)41(56)57;1-4-6(2,3)5(7)8/h20-23,32-35H,1-19,24-29,44-46H2,(H,47,51)(H,48,55)(H,49,54)(H,50,52)(H,56,57)(H,58,59);4H2,1-3H3/t32?,33-,34-,35-;/m0./s1. The number of nitrogens with two attached hydrogens (primary N) is 3. The van der Waals surface area contributed by atoms with Gasteiger partial charge in [-0.1, -0.05) is 65.7 Å². The van der Waals surface area contributed by atoms with Crippen LogP contribution in [0.5, 0.6) is 5.75 Å². The van der Waals surface area contributed by atoms with Crippen molar-refractivity contribution in [1.82, 2.24) is 21.3 Å². The third-order valence-corrected chi connectivity index (χ3v) is 11.5. The van der Waals surface area contributed by atoms with Gasteiger partial charge in [0.15, 0.2) is 15.7 Å². The fraction of sp³-hybridized carbons (Fsp3) is 0.708. The molecule has 0 aliphatic rings. The summed E-state index contributed by atoms with van der Waals surface area (Å²) in [5.74, 6) is -2.71. The normalized spacial score (nSPS) is 12.8. The molecule has 380 valence electrons. The van der Waals surface area contributed by atoms with E-state index in [9.17, 15) is 43.5 Å². The molecule has 0 aliphatic carbocycles. The highest BCUT2D eigenvalue weighted by atomic mass is 16.5. The molecule has 0 saturated carbocycles. The van der Waals surface area contributed by atoms with Crippen LogP contribution < -0.4 is 43.2 Å². The average molecular weight is 954 g/mol. The number of nitrogens with one attached hydrogen (secondary N) is 4. The van der Waals surface area contributed by atoms with Crippen LogP contribution in [-0.2, 0) is 33.6 Å². The lowest BCUT2D eigenvalue weighted by Crippen LogP contribution is -2.42. The van der Waals surface area contributed by atoms with Crippen molar-refractivity contribution < 1.29 is 53.3 Å². The van der Waals surface area contributed by atoms with Gasteiger partial charge in [0.2, 0.25) is 23.6 Å². The molecule has 0 heterocycles. The summed E-state index contributed by atoms with van der Waals surface area (Å²) in [7, 11) is 10.2. The summed E-state index contributed by atoms with van der Waals surface area (Å²) in [5, 5.41) is 29.3. The van der Waals surface area contributed by atoms with Gasteiger partial charge in [0, 0.05) is 37.9 Å². The number of carboxylic acids is 2. The van der Waals surface area contributed by atoms with E-state index in [0.29, 0.717) is 96.2 Å². The van der Waals surface area contributed by atoms with E-state index in [0.717, 1.165) is 57.8 Å². The molecule has 12 N–H and O–H groups in total. The van der Waals surface area contributed by atoms with Gasteiger partial charge in [0.1, 0.15) is 11.8 Å². The summed E-state index contributed by atoms with van der Waals surface area (Å²) in [6.45, 7) is 7.39. The second-order valence-electron chi connectivity index (χ2n) is 17.8. The van der Waals surface area contributed by atoms with Crippen molar-refractivity contribution >= 4 is 62.6 Å². The van der Waals surface area contributed by atoms with Crippen LogP contribution >= 0.6 is 0 Å². The van der Waals surface area contributed by atoms with E-state index in [1.165, 1.54) is 12.1 Å². The SMILES string of the molecule is [B]C(=O)C(C)(C)CC.[B]C(=O)C(N)CCCCNC(=O)[C@@H](N)CCCCNC(=O)[C@@H](N)CCCCNC(=O)CC[C@H](NC(=O)CCCCCCCCCCCOc1ccc(C(=O)O)cc1)C(=O)O. The lowest BCUT2D eigenvalue weighted by Gasteiger charge is -2.17. The molecule has 4 atom stereocenters. The third-order valence-electron chi connectivity index (χ3n) is 11.5. The number of carbonyl (C=O) groups excluding carboxylic acids is 6. The van der Waals surface area contributed by atoms with Crippen LogP contribution in [0.25, 0.3) is 0 Å². The van der Waals surface area contributed by atoms with Gasteiger partial charge in [-0.15, -0.1) is 0 Å². The second kappa shape index (κ2) is 38.1. The molecule has 4 radical (unpaired) electrons. The summed E-state index contributed by atoms with van der Waals surface area (Å²) >= 11 is 0. The van der Waals surface area contributed by atoms with Crippen molar-refractivity contribution in [2.45, 2.75) is 186 Å². The summed E-state index contributed by atoms with van der Waals surface area (Å²) < 4.78 is 5.66. The van der Waals surface area contributed by atoms with Crippen LogP contribution in [0.3, 0.4) is 0 Å². The van der Waals surface area contributed by atoms with Gasteiger partial charge in [-0.3, -0.25) is 19.2 Å². The maximum Gasteiger partial charge on any atom is 0.335 e. The number of amides is 4. The number of aliphatic carboxylic acids is 1. The smallest absolute Gasteiger partial charge is 0.335 e. The van der Waals surface area contributed by atoms with Crippen molar-refractivity contribution in [1.29, 1.82) is 0 Å². The van der Waals surface area contributed by atoms with Crippen LogP contribution in [0.2, 0.25) is 0 Å². The van der Waals surface area contributed by atoms with E-state index in [2.05, 4.69) is 21.3 Å². The molecular formula is C48H81B2N7O11. The molecule has 0 bridgehead atoms. The number of carboxylic acid groups (broad SMARTS) is 2. The van der Waals surface area contributed by atoms with Crippen molar-refractivity contribution in [2.24, 2.45) is 22.6 Å². The molecule has 1 aromatic carbocycles. The Balaban J connectivity index is 0.00000510. The Hall–Kier alpha value is -4.81. The quantitative estimate of drug-likeness (QED) is 0.0336. The van der Waals surface area contributed by atoms with E-state index in [1.807, 2.05) is 20.8 Å². The predicted octanol–water partition coefficient (Wildman–Crippen LogP) is 3.67. The van der Waals surface area contributed by atoms with E-state index in [-0.39, 0.29) is 59.6 Å². The van der Waals surface area contributed by atoms with Crippen LogP contribution in [0.4, 0.5) is 0 Å². The largest absolute Gasteiger partial charge is 0.494 e. The number of rotatable bonds is 39. The van der Waals surface area contributed by atoms with Gasteiger partial charge in [-0.05, 0) is 108 Å². The third kappa shape index (κ3) is 32.8. The number of carbonyl (C=O) groups is 8. The molecule has 0 saturated heterocycles. The van der Waals surface area contributed by atoms with Gasteiger partial charge < -0.3 is 63.0 Å². The first-order valence-corrected chi connectivity index (χ1v) is 24.4. The Bertz CT molecular complexity index is 1650. The Morgan fingerprint density at radius 3 is 1.47 bits per heavy atom. The first-order valence-electron chi connectivity index (χ1n) is 24.4. The number of unbranched alkanes of at least 4 members (excludes halogenated alkanes) is 11. The average Bonchev–Trinajstić information content (AvgIpc) is 3.29. The highest BCUT2D eigenvalue weighted by molar-refractivity contribution is 6.59. The van der Waals surface area contributed by atoms with Crippen molar-refractivity contribution in [2.75, 3.05) is 26.2 Å². The molecule has 1 rings (SSSR count). The first kappa shape index (κ1) is 63.2. The number of hydrogen-bond acceptors (Lipinski definition) is 12. The van der Waals surface area contributed by atoms with E-state index in [1.54, 1.807) is 12.1 Å². The molecule has 0 aromatic heterocycles. The minimum atomic E-state index is -1.19.